The van der Waals surface area contributed by atoms with Crippen molar-refractivity contribution in [1.82, 2.24) is 0 Å². The standard InChI is InChI=1S/C44H29NS/c1-3-14-30(15-4-1)34-20-13-21-35(28-34)45(36-27-26-31-16-7-8-19-33(31)29-36)43-37-22-9-10-23-38(37)44-42(39-24-11-12-25-40(39)46-44)41(43)32-17-5-2-6-18-32/h1-29H. The molecule has 46 heavy (non-hydrogen) atoms. The zero-order chi connectivity index (χ0) is 30.5. The Bertz CT molecular complexity index is 2530. The quantitative estimate of drug-likeness (QED) is 0.189. The van der Waals surface area contributed by atoms with Crippen molar-refractivity contribution in [1.29, 1.82) is 0 Å². The lowest BCUT2D eigenvalue weighted by Gasteiger charge is -2.30. The van der Waals surface area contributed by atoms with Gasteiger partial charge in [-0.25, -0.2) is 0 Å². The van der Waals surface area contributed by atoms with Crippen LogP contribution < -0.4 is 4.90 Å². The highest BCUT2D eigenvalue weighted by Crippen LogP contribution is 2.53. The first-order valence-corrected chi connectivity index (χ1v) is 16.5. The van der Waals surface area contributed by atoms with Gasteiger partial charge in [-0.2, -0.15) is 0 Å². The molecule has 0 saturated carbocycles. The fourth-order valence-electron chi connectivity index (χ4n) is 6.92. The molecule has 216 valence electrons. The van der Waals surface area contributed by atoms with Crippen LogP contribution in [0.1, 0.15) is 0 Å². The Morgan fingerprint density at radius 3 is 1.80 bits per heavy atom. The van der Waals surface area contributed by atoms with Crippen molar-refractivity contribution in [3.63, 3.8) is 0 Å². The molecule has 0 aliphatic heterocycles. The van der Waals surface area contributed by atoms with Gasteiger partial charge in [-0.3, -0.25) is 0 Å². The highest BCUT2D eigenvalue weighted by Gasteiger charge is 2.26. The Labute approximate surface area is 272 Å². The van der Waals surface area contributed by atoms with Crippen LogP contribution in [0.5, 0.6) is 0 Å². The van der Waals surface area contributed by atoms with Crippen molar-refractivity contribution in [2.45, 2.75) is 0 Å². The molecule has 0 radical (unpaired) electrons. The summed E-state index contributed by atoms with van der Waals surface area (Å²) in [6, 6.07) is 63.9. The molecule has 9 aromatic rings. The first-order chi connectivity index (χ1) is 22.8. The van der Waals surface area contributed by atoms with Crippen LogP contribution in [0, 0.1) is 0 Å². The van der Waals surface area contributed by atoms with Gasteiger partial charge in [0.2, 0.25) is 0 Å². The molecular weight excluding hydrogens is 575 g/mol. The molecule has 1 aromatic heterocycles. The summed E-state index contributed by atoms with van der Waals surface area (Å²) in [6.45, 7) is 0. The van der Waals surface area contributed by atoms with Gasteiger partial charge in [0.05, 0.1) is 5.69 Å². The van der Waals surface area contributed by atoms with Crippen molar-refractivity contribution in [3.05, 3.63) is 176 Å². The number of fused-ring (bicyclic) bond motifs is 6. The fraction of sp³-hybridized carbons (Fsp3) is 0. The molecular formula is C44H29NS. The summed E-state index contributed by atoms with van der Waals surface area (Å²) in [4.78, 5) is 2.50. The third kappa shape index (κ3) is 4.38. The zero-order valence-electron chi connectivity index (χ0n) is 25.1. The van der Waals surface area contributed by atoms with E-state index in [1.165, 1.54) is 69.7 Å². The maximum Gasteiger partial charge on any atom is 0.0625 e. The molecule has 0 N–H and O–H groups in total. The van der Waals surface area contributed by atoms with Crippen LogP contribution in [0.25, 0.3) is 64.0 Å². The van der Waals surface area contributed by atoms with Crippen molar-refractivity contribution in [3.8, 4) is 22.3 Å². The first kappa shape index (κ1) is 26.7. The topological polar surface area (TPSA) is 3.24 Å². The molecule has 9 rings (SSSR count). The summed E-state index contributed by atoms with van der Waals surface area (Å²) in [5, 5.41) is 7.57. The maximum absolute atomic E-state index is 2.50. The molecule has 0 aliphatic rings. The molecule has 0 fully saturated rings. The lowest BCUT2D eigenvalue weighted by Crippen LogP contribution is -2.12. The summed E-state index contributed by atoms with van der Waals surface area (Å²) < 4.78 is 2.64. The fourth-order valence-corrected chi connectivity index (χ4v) is 8.17. The summed E-state index contributed by atoms with van der Waals surface area (Å²) >= 11 is 1.90. The largest absolute Gasteiger partial charge is 0.309 e. The van der Waals surface area contributed by atoms with E-state index in [9.17, 15) is 0 Å². The summed E-state index contributed by atoms with van der Waals surface area (Å²) in [5.41, 5.74) is 8.31. The Morgan fingerprint density at radius 2 is 1.00 bits per heavy atom. The van der Waals surface area contributed by atoms with Crippen molar-refractivity contribution < 1.29 is 0 Å². The van der Waals surface area contributed by atoms with E-state index in [4.69, 9.17) is 0 Å². The number of benzene rings is 8. The highest BCUT2D eigenvalue weighted by molar-refractivity contribution is 7.26. The zero-order valence-corrected chi connectivity index (χ0v) is 25.9. The van der Waals surface area contributed by atoms with Gasteiger partial charge in [-0.1, -0.05) is 146 Å². The minimum Gasteiger partial charge on any atom is -0.309 e. The Morgan fingerprint density at radius 1 is 0.391 bits per heavy atom. The van der Waals surface area contributed by atoms with E-state index in [0.717, 1.165) is 11.4 Å². The predicted octanol–water partition coefficient (Wildman–Crippen LogP) is 13.2. The Hall–Kier alpha value is -5.70. The van der Waals surface area contributed by atoms with Crippen LogP contribution in [0.4, 0.5) is 17.1 Å². The molecule has 2 heteroatoms. The predicted molar refractivity (Wildman–Crippen MR) is 200 cm³/mol. The van der Waals surface area contributed by atoms with Crippen molar-refractivity contribution >= 4 is 70.1 Å². The van der Waals surface area contributed by atoms with Gasteiger partial charge < -0.3 is 4.90 Å². The van der Waals surface area contributed by atoms with Crippen molar-refractivity contribution in [2.75, 3.05) is 4.90 Å². The third-order valence-corrected chi connectivity index (χ3v) is 10.2. The van der Waals surface area contributed by atoms with Crippen LogP contribution in [-0.4, -0.2) is 0 Å². The van der Waals surface area contributed by atoms with E-state index in [-0.39, 0.29) is 0 Å². The molecule has 0 spiro atoms. The first-order valence-electron chi connectivity index (χ1n) is 15.7. The summed E-state index contributed by atoms with van der Waals surface area (Å²) in [7, 11) is 0. The minimum absolute atomic E-state index is 1.12. The second-order valence-corrected chi connectivity index (χ2v) is 12.8. The smallest absolute Gasteiger partial charge is 0.0625 e. The van der Waals surface area contributed by atoms with Gasteiger partial charge in [0, 0.05) is 47.9 Å². The summed E-state index contributed by atoms with van der Waals surface area (Å²) in [6.07, 6.45) is 0. The molecule has 0 bridgehead atoms. The molecule has 0 unspecified atom stereocenters. The SMILES string of the molecule is c1ccc(-c2cccc(N(c3ccc4ccccc4c3)c3c(-c4ccccc4)c4c5ccccc5sc4c4ccccc34)c2)cc1. The van der Waals surface area contributed by atoms with E-state index in [2.05, 4.69) is 181 Å². The van der Waals surface area contributed by atoms with Gasteiger partial charge in [-0.05, 0) is 57.8 Å². The second kappa shape index (κ2) is 11.0. The van der Waals surface area contributed by atoms with E-state index >= 15 is 0 Å². The second-order valence-electron chi connectivity index (χ2n) is 11.7. The average Bonchev–Trinajstić information content (AvgIpc) is 3.52. The third-order valence-electron chi connectivity index (χ3n) is 9.00. The van der Waals surface area contributed by atoms with Crippen LogP contribution >= 0.6 is 11.3 Å². The normalized spacial score (nSPS) is 11.5. The molecule has 0 atom stereocenters. The monoisotopic (exact) mass is 603 g/mol. The van der Waals surface area contributed by atoms with Crippen molar-refractivity contribution in [2.24, 2.45) is 0 Å². The Kier molecular flexibility index (Phi) is 6.40. The molecule has 1 nitrogen and oxygen atoms in total. The van der Waals surface area contributed by atoms with Crippen LogP contribution in [-0.2, 0) is 0 Å². The van der Waals surface area contributed by atoms with Gasteiger partial charge in [0.1, 0.15) is 0 Å². The number of hydrogen-bond acceptors (Lipinski definition) is 2. The Balaban J connectivity index is 1.46. The van der Waals surface area contributed by atoms with Crippen LogP contribution in [0.15, 0.2) is 176 Å². The van der Waals surface area contributed by atoms with E-state index < -0.39 is 0 Å². The minimum atomic E-state index is 1.12. The molecule has 0 aliphatic carbocycles. The summed E-state index contributed by atoms with van der Waals surface area (Å²) in [5.74, 6) is 0. The van der Waals surface area contributed by atoms with Gasteiger partial charge in [-0.15, -0.1) is 11.3 Å². The van der Waals surface area contributed by atoms with Crippen LogP contribution in [0.2, 0.25) is 0 Å². The van der Waals surface area contributed by atoms with Gasteiger partial charge in [0.15, 0.2) is 0 Å². The number of anilines is 3. The van der Waals surface area contributed by atoms with E-state index in [1.54, 1.807) is 0 Å². The molecule has 8 aromatic carbocycles. The molecule has 0 saturated heterocycles. The number of nitrogens with zero attached hydrogens (tertiary/aromatic N) is 1. The van der Waals surface area contributed by atoms with Gasteiger partial charge in [0.25, 0.3) is 0 Å². The number of rotatable bonds is 5. The number of thiophene rings is 1. The van der Waals surface area contributed by atoms with Gasteiger partial charge >= 0.3 is 0 Å². The maximum atomic E-state index is 2.50. The number of hydrogen-bond donors (Lipinski definition) is 0. The molecule has 1 heterocycles. The highest BCUT2D eigenvalue weighted by atomic mass is 32.1. The van der Waals surface area contributed by atoms with E-state index in [0.29, 0.717) is 0 Å². The average molecular weight is 604 g/mol. The lowest BCUT2D eigenvalue weighted by molar-refractivity contribution is 1.31. The lowest BCUT2D eigenvalue weighted by atomic mass is 9.91. The van der Waals surface area contributed by atoms with Crippen LogP contribution in [0.3, 0.4) is 0 Å². The van der Waals surface area contributed by atoms with E-state index in [1.807, 2.05) is 11.3 Å². The molecule has 0 amide bonds.